The minimum atomic E-state index is 0.651. The van der Waals surface area contributed by atoms with Crippen LogP contribution in [-0.4, -0.2) is 17.0 Å². The molecule has 16 heavy (non-hydrogen) atoms. The first kappa shape index (κ1) is 10.6. The van der Waals surface area contributed by atoms with Crippen molar-refractivity contribution < 1.29 is 0 Å². The van der Waals surface area contributed by atoms with Crippen LogP contribution in [0.3, 0.4) is 0 Å². The molecule has 0 unspecified atom stereocenters. The zero-order valence-electron chi connectivity index (χ0n) is 9.78. The molecule has 0 radical (unpaired) electrons. The Balaban J connectivity index is 2.54. The molecule has 0 spiro atoms. The normalized spacial score (nSPS) is 10.2. The maximum atomic E-state index is 4.44. The van der Waals surface area contributed by atoms with Gasteiger partial charge in [-0.05, 0) is 31.0 Å². The van der Waals surface area contributed by atoms with Crippen LogP contribution in [0.4, 0.5) is 5.95 Å². The molecule has 0 saturated heterocycles. The number of hydrogen-bond donors (Lipinski definition) is 1. The molecule has 0 amide bonds. The minimum Gasteiger partial charge on any atom is -0.357 e. The SMILES string of the molecule is CNc1nccc(-c2cccc(C)c2C)n1. The van der Waals surface area contributed by atoms with Crippen LogP contribution in [0.15, 0.2) is 30.5 Å². The fraction of sp³-hybridized carbons (Fsp3) is 0.231. The highest BCUT2D eigenvalue weighted by atomic mass is 15.1. The van der Waals surface area contributed by atoms with E-state index in [0.29, 0.717) is 5.95 Å². The van der Waals surface area contributed by atoms with E-state index in [4.69, 9.17) is 0 Å². The molecule has 0 saturated carbocycles. The largest absolute Gasteiger partial charge is 0.357 e. The number of benzene rings is 1. The monoisotopic (exact) mass is 213 g/mol. The van der Waals surface area contributed by atoms with E-state index in [9.17, 15) is 0 Å². The predicted molar refractivity (Wildman–Crippen MR) is 66.5 cm³/mol. The van der Waals surface area contributed by atoms with Crippen molar-refractivity contribution >= 4 is 5.95 Å². The van der Waals surface area contributed by atoms with E-state index < -0.39 is 0 Å². The first-order chi connectivity index (χ1) is 7.72. The van der Waals surface area contributed by atoms with E-state index in [1.165, 1.54) is 16.7 Å². The van der Waals surface area contributed by atoms with E-state index in [1.54, 1.807) is 6.20 Å². The molecule has 82 valence electrons. The molecule has 0 fully saturated rings. The number of rotatable bonds is 2. The molecule has 0 aliphatic carbocycles. The molecular formula is C13H15N3. The topological polar surface area (TPSA) is 37.8 Å². The van der Waals surface area contributed by atoms with Crippen molar-refractivity contribution in [2.45, 2.75) is 13.8 Å². The lowest BCUT2D eigenvalue weighted by Gasteiger charge is -2.08. The van der Waals surface area contributed by atoms with Crippen LogP contribution < -0.4 is 5.32 Å². The van der Waals surface area contributed by atoms with Gasteiger partial charge in [0.25, 0.3) is 0 Å². The average Bonchev–Trinajstić information content (AvgIpc) is 2.33. The molecule has 2 aromatic rings. The van der Waals surface area contributed by atoms with Crippen LogP contribution in [0.25, 0.3) is 11.3 Å². The summed E-state index contributed by atoms with van der Waals surface area (Å²) < 4.78 is 0. The van der Waals surface area contributed by atoms with E-state index in [-0.39, 0.29) is 0 Å². The quantitative estimate of drug-likeness (QED) is 0.833. The summed E-state index contributed by atoms with van der Waals surface area (Å²) in [4.78, 5) is 8.55. The summed E-state index contributed by atoms with van der Waals surface area (Å²) in [5.41, 5.74) is 4.67. The van der Waals surface area contributed by atoms with Gasteiger partial charge in [-0.25, -0.2) is 9.97 Å². The third-order valence-electron chi connectivity index (χ3n) is 2.76. The second kappa shape index (κ2) is 4.31. The van der Waals surface area contributed by atoms with Crippen LogP contribution in [0.1, 0.15) is 11.1 Å². The Kier molecular flexibility index (Phi) is 2.86. The Labute approximate surface area is 95.6 Å². The van der Waals surface area contributed by atoms with E-state index in [1.807, 2.05) is 13.1 Å². The van der Waals surface area contributed by atoms with Crippen LogP contribution in [0, 0.1) is 13.8 Å². The molecule has 3 heteroatoms. The predicted octanol–water partition coefficient (Wildman–Crippen LogP) is 2.80. The maximum absolute atomic E-state index is 4.44. The van der Waals surface area contributed by atoms with Gasteiger partial charge in [0.05, 0.1) is 5.69 Å². The summed E-state index contributed by atoms with van der Waals surface area (Å²) in [7, 11) is 1.82. The van der Waals surface area contributed by atoms with Gasteiger partial charge in [-0.15, -0.1) is 0 Å². The van der Waals surface area contributed by atoms with Crippen LogP contribution in [0.5, 0.6) is 0 Å². The average molecular weight is 213 g/mol. The summed E-state index contributed by atoms with van der Waals surface area (Å²) in [6.45, 7) is 4.23. The van der Waals surface area contributed by atoms with Crippen molar-refractivity contribution in [1.29, 1.82) is 0 Å². The van der Waals surface area contributed by atoms with Crippen molar-refractivity contribution in [3.63, 3.8) is 0 Å². The number of nitrogens with one attached hydrogen (secondary N) is 1. The molecule has 1 N–H and O–H groups in total. The molecule has 0 atom stereocenters. The van der Waals surface area contributed by atoms with Gasteiger partial charge in [0, 0.05) is 18.8 Å². The molecule has 0 aliphatic rings. The number of aryl methyl sites for hydroxylation is 1. The smallest absolute Gasteiger partial charge is 0.222 e. The third-order valence-corrected chi connectivity index (χ3v) is 2.76. The second-order valence-corrected chi connectivity index (χ2v) is 3.76. The van der Waals surface area contributed by atoms with Gasteiger partial charge in [0.2, 0.25) is 5.95 Å². The van der Waals surface area contributed by atoms with Crippen LogP contribution >= 0.6 is 0 Å². The number of aromatic nitrogens is 2. The molecule has 2 rings (SSSR count). The van der Waals surface area contributed by atoms with Crippen molar-refractivity contribution in [3.05, 3.63) is 41.6 Å². The third kappa shape index (κ3) is 1.89. The van der Waals surface area contributed by atoms with Crippen molar-refractivity contribution in [2.24, 2.45) is 0 Å². The first-order valence-electron chi connectivity index (χ1n) is 5.30. The van der Waals surface area contributed by atoms with Gasteiger partial charge in [-0.1, -0.05) is 18.2 Å². The zero-order chi connectivity index (χ0) is 11.5. The highest BCUT2D eigenvalue weighted by molar-refractivity contribution is 5.65. The summed E-state index contributed by atoms with van der Waals surface area (Å²) >= 11 is 0. The van der Waals surface area contributed by atoms with Gasteiger partial charge < -0.3 is 5.32 Å². The zero-order valence-corrected chi connectivity index (χ0v) is 9.78. The fourth-order valence-corrected chi connectivity index (χ4v) is 1.66. The maximum Gasteiger partial charge on any atom is 0.222 e. The van der Waals surface area contributed by atoms with Crippen LogP contribution in [0.2, 0.25) is 0 Å². The molecule has 3 nitrogen and oxygen atoms in total. The van der Waals surface area contributed by atoms with Gasteiger partial charge in [-0.2, -0.15) is 0 Å². The molecule has 1 heterocycles. The lowest BCUT2D eigenvalue weighted by atomic mass is 10.0. The number of anilines is 1. The van der Waals surface area contributed by atoms with E-state index >= 15 is 0 Å². The van der Waals surface area contributed by atoms with Gasteiger partial charge >= 0.3 is 0 Å². The van der Waals surface area contributed by atoms with Gasteiger partial charge in [0.15, 0.2) is 0 Å². The molecule has 1 aromatic heterocycles. The van der Waals surface area contributed by atoms with Gasteiger partial charge in [-0.3, -0.25) is 0 Å². The highest BCUT2D eigenvalue weighted by Gasteiger charge is 2.05. The summed E-state index contributed by atoms with van der Waals surface area (Å²) in [5.74, 6) is 0.651. The Morgan fingerprint density at radius 1 is 1.12 bits per heavy atom. The first-order valence-corrected chi connectivity index (χ1v) is 5.30. The Hall–Kier alpha value is -1.90. The molecule has 1 aromatic carbocycles. The lowest BCUT2D eigenvalue weighted by Crippen LogP contribution is -1.97. The van der Waals surface area contributed by atoms with Gasteiger partial charge in [0.1, 0.15) is 0 Å². The lowest BCUT2D eigenvalue weighted by molar-refractivity contribution is 1.15. The standard InChI is InChI=1S/C13H15N3/c1-9-5-4-6-11(10(9)2)12-7-8-15-13(14-3)16-12/h4-8H,1-3H3,(H,14,15,16). The van der Waals surface area contributed by atoms with Crippen molar-refractivity contribution in [1.82, 2.24) is 9.97 Å². The number of nitrogens with zero attached hydrogens (tertiary/aromatic N) is 2. The number of hydrogen-bond acceptors (Lipinski definition) is 3. The summed E-state index contributed by atoms with van der Waals surface area (Å²) in [5, 5.41) is 2.95. The molecule has 0 bridgehead atoms. The van der Waals surface area contributed by atoms with Crippen molar-refractivity contribution in [3.8, 4) is 11.3 Å². The van der Waals surface area contributed by atoms with Crippen LogP contribution in [-0.2, 0) is 0 Å². The summed E-state index contributed by atoms with van der Waals surface area (Å²) in [6, 6.07) is 8.19. The van der Waals surface area contributed by atoms with E-state index in [2.05, 4.69) is 47.3 Å². The molecule has 0 aliphatic heterocycles. The molecular weight excluding hydrogens is 198 g/mol. The van der Waals surface area contributed by atoms with Crippen molar-refractivity contribution in [2.75, 3.05) is 12.4 Å². The summed E-state index contributed by atoms with van der Waals surface area (Å²) in [6.07, 6.45) is 1.77. The Morgan fingerprint density at radius 3 is 2.69 bits per heavy atom. The Bertz CT molecular complexity index is 506. The second-order valence-electron chi connectivity index (χ2n) is 3.76. The van der Waals surface area contributed by atoms with E-state index in [0.717, 1.165) is 5.69 Å². The highest BCUT2D eigenvalue weighted by Crippen LogP contribution is 2.23. The fourth-order valence-electron chi connectivity index (χ4n) is 1.66. The minimum absolute atomic E-state index is 0.651. The Morgan fingerprint density at radius 2 is 1.94 bits per heavy atom.